The monoisotopic (exact) mass is 198 g/mol. The van der Waals surface area contributed by atoms with Crippen molar-refractivity contribution in [3.05, 3.63) is 11.1 Å². The van der Waals surface area contributed by atoms with E-state index in [0.29, 0.717) is 0 Å². The molecule has 0 bridgehead atoms. The van der Waals surface area contributed by atoms with Crippen LogP contribution in [0, 0.1) is 6.92 Å². The lowest BCUT2D eigenvalue weighted by Gasteiger charge is -2.11. The number of rotatable bonds is 1. The van der Waals surface area contributed by atoms with Gasteiger partial charge in [-0.1, -0.05) is 13.8 Å². The zero-order valence-electron chi connectivity index (χ0n) is 8.71. The van der Waals surface area contributed by atoms with Gasteiger partial charge in [0.25, 0.3) is 0 Å². The topological polar surface area (TPSA) is 16.1 Å². The number of aromatic nitrogens is 1. The summed E-state index contributed by atoms with van der Waals surface area (Å²) in [6, 6.07) is 0. The summed E-state index contributed by atoms with van der Waals surface area (Å²) in [4.78, 5) is 8.03. The fourth-order valence-corrected chi connectivity index (χ4v) is 2.21. The lowest BCUT2D eigenvalue weighted by Crippen LogP contribution is -2.16. The Kier molecular flexibility index (Phi) is 4.22. The van der Waals surface area contributed by atoms with Crippen molar-refractivity contribution in [3.63, 3.8) is 0 Å². The van der Waals surface area contributed by atoms with Crippen LogP contribution in [0.5, 0.6) is 0 Å². The molecule has 0 radical (unpaired) electrons. The van der Waals surface area contributed by atoms with E-state index >= 15 is 0 Å². The fraction of sp³-hybridized carbons (Fsp3) is 0.700. The van der Waals surface area contributed by atoms with E-state index in [1.165, 1.54) is 35.9 Å². The Hall–Kier alpha value is -0.570. The minimum Gasteiger partial charge on any atom is -0.348 e. The normalized spacial score (nSPS) is 15.5. The molecule has 1 aliphatic heterocycles. The molecule has 1 aliphatic rings. The van der Waals surface area contributed by atoms with Crippen LogP contribution in [0.1, 0.15) is 31.6 Å². The van der Waals surface area contributed by atoms with Gasteiger partial charge in [0, 0.05) is 24.2 Å². The van der Waals surface area contributed by atoms with Crippen molar-refractivity contribution < 1.29 is 0 Å². The highest BCUT2D eigenvalue weighted by molar-refractivity contribution is 7.15. The Labute approximate surface area is 84.6 Å². The minimum absolute atomic E-state index is 1.20. The smallest absolute Gasteiger partial charge is 0.185 e. The number of hydrogen-bond acceptors (Lipinski definition) is 3. The Balaban J connectivity index is 0.000000396. The first-order valence-corrected chi connectivity index (χ1v) is 5.85. The van der Waals surface area contributed by atoms with Crippen molar-refractivity contribution >= 4 is 16.5 Å². The van der Waals surface area contributed by atoms with Crippen LogP contribution < -0.4 is 4.90 Å². The van der Waals surface area contributed by atoms with Gasteiger partial charge in [0.2, 0.25) is 0 Å². The maximum Gasteiger partial charge on any atom is 0.185 e. The maximum absolute atomic E-state index is 4.34. The van der Waals surface area contributed by atoms with Gasteiger partial charge in [-0.2, -0.15) is 0 Å². The van der Waals surface area contributed by atoms with Gasteiger partial charge in [0.15, 0.2) is 5.13 Å². The summed E-state index contributed by atoms with van der Waals surface area (Å²) < 4.78 is 0. The zero-order valence-corrected chi connectivity index (χ0v) is 9.52. The van der Waals surface area contributed by atoms with Crippen LogP contribution >= 0.6 is 11.3 Å². The molecule has 0 atom stereocenters. The Morgan fingerprint density at radius 3 is 2.38 bits per heavy atom. The maximum atomic E-state index is 4.34. The van der Waals surface area contributed by atoms with Crippen molar-refractivity contribution in [2.45, 2.75) is 33.6 Å². The lowest BCUT2D eigenvalue weighted by molar-refractivity contribution is 0.949. The fourth-order valence-electron chi connectivity index (χ4n) is 1.40. The second-order valence-electron chi connectivity index (χ2n) is 2.95. The van der Waals surface area contributed by atoms with E-state index < -0.39 is 0 Å². The van der Waals surface area contributed by atoms with Crippen molar-refractivity contribution in [1.82, 2.24) is 4.98 Å². The van der Waals surface area contributed by atoms with Crippen LogP contribution in [-0.2, 0) is 0 Å². The molecule has 0 unspecified atom stereocenters. The van der Waals surface area contributed by atoms with Crippen molar-refractivity contribution in [2.75, 3.05) is 18.0 Å². The largest absolute Gasteiger partial charge is 0.348 e. The molecule has 0 N–H and O–H groups in total. The Bertz CT molecular complexity index is 239. The zero-order chi connectivity index (χ0) is 9.68. The van der Waals surface area contributed by atoms with Crippen LogP contribution in [0.25, 0.3) is 0 Å². The van der Waals surface area contributed by atoms with Gasteiger partial charge in [0.05, 0.1) is 0 Å². The first kappa shape index (κ1) is 10.5. The second-order valence-corrected chi connectivity index (χ2v) is 4.16. The summed E-state index contributed by atoms with van der Waals surface area (Å²) in [6.45, 7) is 8.51. The van der Waals surface area contributed by atoms with E-state index in [9.17, 15) is 0 Å². The van der Waals surface area contributed by atoms with Gasteiger partial charge in [-0.25, -0.2) is 4.98 Å². The van der Waals surface area contributed by atoms with Crippen LogP contribution in [-0.4, -0.2) is 18.1 Å². The summed E-state index contributed by atoms with van der Waals surface area (Å²) in [5.41, 5.74) is 0. The second kappa shape index (κ2) is 5.22. The molecule has 2 rings (SSSR count). The van der Waals surface area contributed by atoms with Crippen LogP contribution in [0.4, 0.5) is 5.13 Å². The molecule has 0 aromatic carbocycles. The molecule has 3 heteroatoms. The lowest BCUT2D eigenvalue weighted by atomic mass is 10.4. The summed E-state index contributed by atoms with van der Waals surface area (Å²) in [5, 5.41) is 1.21. The predicted molar refractivity (Wildman–Crippen MR) is 59.6 cm³/mol. The highest BCUT2D eigenvalue weighted by Gasteiger charge is 2.14. The summed E-state index contributed by atoms with van der Waals surface area (Å²) in [7, 11) is 0. The van der Waals surface area contributed by atoms with Gasteiger partial charge in [-0.3, -0.25) is 0 Å². The number of anilines is 1. The third kappa shape index (κ3) is 2.69. The molecule has 1 saturated heterocycles. The molecular formula is C10H18N2S. The molecule has 13 heavy (non-hydrogen) atoms. The summed E-state index contributed by atoms with van der Waals surface area (Å²) in [6.07, 6.45) is 4.62. The van der Waals surface area contributed by atoms with E-state index in [1.807, 2.05) is 20.0 Å². The number of hydrogen-bond donors (Lipinski definition) is 0. The SMILES string of the molecule is CC.Cc1cnc(N2CCCC2)s1. The van der Waals surface area contributed by atoms with Crippen molar-refractivity contribution in [1.29, 1.82) is 0 Å². The molecule has 2 heterocycles. The standard InChI is InChI=1S/C8H12N2S.C2H6/c1-7-6-9-8(11-7)10-4-2-3-5-10;1-2/h6H,2-5H2,1H3;1-2H3. The van der Waals surface area contributed by atoms with E-state index in [-0.39, 0.29) is 0 Å². The van der Waals surface area contributed by atoms with Gasteiger partial charge in [-0.05, 0) is 19.8 Å². The molecule has 1 fully saturated rings. The third-order valence-corrected chi connectivity index (χ3v) is 2.96. The average Bonchev–Trinajstić information content (AvgIpc) is 2.77. The third-order valence-electron chi connectivity index (χ3n) is 1.99. The van der Waals surface area contributed by atoms with Crippen LogP contribution in [0.3, 0.4) is 0 Å². The van der Waals surface area contributed by atoms with Crippen molar-refractivity contribution in [2.24, 2.45) is 0 Å². The van der Waals surface area contributed by atoms with Gasteiger partial charge in [0.1, 0.15) is 0 Å². The molecule has 2 nitrogen and oxygen atoms in total. The first-order chi connectivity index (χ1) is 6.36. The number of nitrogens with zero attached hydrogens (tertiary/aromatic N) is 2. The highest BCUT2D eigenvalue weighted by atomic mass is 32.1. The first-order valence-electron chi connectivity index (χ1n) is 5.03. The van der Waals surface area contributed by atoms with Gasteiger partial charge < -0.3 is 4.90 Å². The predicted octanol–water partition coefficient (Wildman–Crippen LogP) is 3.08. The molecule has 0 saturated carbocycles. The van der Waals surface area contributed by atoms with Crippen LogP contribution in [0.15, 0.2) is 6.20 Å². The van der Waals surface area contributed by atoms with Gasteiger partial charge >= 0.3 is 0 Å². The van der Waals surface area contributed by atoms with E-state index in [1.54, 1.807) is 11.3 Å². The van der Waals surface area contributed by atoms with E-state index in [0.717, 1.165) is 0 Å². The molecule has 1 aromatic rings. The minimum atomic E-state index is 1.20. The van der Waals surface area contributed by atoms with Crippen molar-refractivity contribution in [3.8, 4) is 0 Å². The molecule has 0 aliphatic carbocycles. The number of thiazole rings is 1. The average molecular weight is 198 g/mol. The molecule has 1 aromatic heterocycles. The highest BCUT2D eigenvalue weighted by Crippen LogP contribution is 2.24. The molecular weight excluding hydrogens is 180 g/mol. The summed E-state index contributed by atoms with van der Waals surface area (Å²) >= 11 is 1.80. The molecule has 0 amide bonds. The Morgan fingerprint density at radius 1 is 1.31 bits per heavy atom. The number of aryl methyl sites for hydroxylation is 1. The van der Waals surface area contributed by atoms with E-state index in [2.05, 4.69) is 16.8 Å². The summed E-state index contributed by atoms with van der Waals surface area (Å²) in [5.74, 6) is 0. The molecule has 74 valence electrons. The molecule has 0 spiro atoms. The Morgan fingerprint density at radius 2 is 1.92 bits per heavy atom. The van der Waals surface area contributed by atoms with E-state index in [4.69, 9.17) is 0 Å². The van der Waals surface area contributed by atoms with Gasteiger partial charge in [-0.15, -0.1) is 11.3 Å². The van der Waals surface area contributed by atoms with Crippen LogP contribution in [0.2, 0.25) is 0 Å². The quantitative estimate of drug-likeness (QED) is 0.689.